The summed E-state index contributed by atoms with van der Waals surface area (Å²) in [6, 6.07) is 0. The van der Waals surface area contributed by atoms with Gasteiger partial charge in [-0.2, -0.15) is 0 Å². The van der Waals surface area contributed by atoms with E-state index in [0.29, 0.717) is 5.57 Å². The molecule has 0 aliphatic carbocycles. The Bertz CT molecular complexity index is 374. The first-order chi connectivity index (χ1) is 8.31. The lowest BCUT2D eigenvalue weighted by Gasteiger charge is -2.41. The summed E-state index contributed by atoms with van der Waals surface area (Å²) in [6.07, 6.45) is 2.87. The average molecular weight is 254 g/mol. The molecule has 2 aliphatic rings. The first-order valence-electron chi connectivity index (χ1n) is 6.48. The van der Waals surface area contributed by atoms with Gasteiger partial charge < -0.3 is 14.6 Å². The summed E-state index contributed by atoms with van der Waals surface area (Å²) >= 11 is 0. The van der Waals surface area contributed by atoms with E-state index in [4.69, 9.17) is 9.47 Å². The Balaban J connectivity index is 2.15. The molecule has 3 atom stereocenters. The predicted octanol–water partition coefficient (Wildman–Crippen LogP) is 1.81. The van der Waals surface area contributed by atoms with Crippen LogP contribution in [0.1, 0.15) is 40.0 Å². The second kappa shape index (κ2) is 4.35. The van der Waals surface area contributed by atoms with Crippen molar-refractivity contribution < 1.29 is 19.4 Å². The van der Waals surface area contributed by atoms with E-state index >= 15 is 0 Å². The molecule has 102 valence electrons. The molecule has 3 unspecified atom stereocenters. The van der Waals surface area contributed by atoms with Gasteiger partial charge in [0.1, 0.15) is 5.60 Å². The Kier molecular flexibility index (Phi) is 3.28. The van der Waals surface area contributed by atoms with Crippen LogP contribution in [0.15, 0.2) is 12.2 Å². The van der Waals surface area contributed by atoms with Crippen molar-refractivity contribution in [1.29, 1.82) is 0 Å². The molecule has 2 saturated heterocycles. The molecule has 2 aliphatic heterocycles. The molecule has 4 heteroatoms. The number of hydrogen-bond donors (Lipinski definition) is 1. The smallest absolute Gasteiger partial charge is 0.333 e. The standard InChI is InChI=1S/C14H22O4/c1-9(2)12(16)18-13(3,4)11-7-10-5-6-14(11,8-15)17-10/h10-11,15H,1,5-8H2,2-4H3. The van der Waals surface area contributed by atoms with Crippen LogP contribution in [0.4, 0.5) is 0 Å². The van der Waals surface area contributed by atoms with Gasteiger partial charge in [-0.25, -0.2) is 4.79 Å². The van der Waals surface area contributed by atoms with Gasteiger partial charge in [-0.15, -0.1) is 0 Å². The van der Waals surface area contributed by atoms with Gasteiger partial charge in [0.2, 0.25) is 0 Å². The molecule has 4 nitrogen and oxygen atoms in total. The van der Waals surface area contributed by atoms with Gasteiger partial charge in [0.25, 0.3) is 0 Å². The van der Waals surface area contributed by atoms with Gasteiger partial charge in [0.15, 0.2) is 0 Å². The molecule has 2 heterocycles. The number of fused-ring (bicyclic) bond motifs is 2. The van der Waals surface area contributed by atoms with Gasteiger partial charge in [0.05, 0.1) is 18.3 Å². The number of aliphatic hydroxyl groups is 1. The molecule has 0 saturated carbocycles. The zero-order valence-electron chi connectivity index (χ0n) is 11.4. The molecule has 1 N–H and O–H groups in total. The van der Waals surface area contributed by atoms with Crippen molar-refractivity contribution in [3.8, 4) is 0 Å². The van der Waals surface area contributed by atoms with Crippen molar-refractivity contribution in [2.75, 3.05) is 6.61 Å². The zero-order valence-corrected chi connectivity index (χ0v) is 11.4. The number of ether oxygens (including phenoxy) is 2. The fourth-order valence-electron chi connectivity index (χ4n) is 3.30. The Morgan fingerprint density at radius 1 is 1.61 bits per heavy atom. The van der Waals surface area contributed by atoms with Crippen molar-refractivity contribution in [3.63, 3.8) is 0 Å². The molecule has 18 heavy (non-hydrogen) atoms. The van der Waals surface area contributed by atoms with Crippen LogP contribution in [0, 0.1) is 5.92 Å². The molecule has 2 rings (SSSR count). The second-order valence-corrected chi connectivity index (χ2v) is 6.06. The first-order valence-corrected chi connectivity index (χ1v) is 6.48. The maximum atomic E-state index is 11.7. The topological polar surface area (TPSA) is 55.8 Å². The van der Waals surface area contributed by atoms with Crippen LogP contribution in [-0.4, -0.2) is 35.0 Å². The molecule has 0 aromatic carbocycles. The monoisotopic (exact) mass is 254 g/mol. The summed E-state index contributed by atoms with van der Waals surface area (Å²) in [7, 11) is 0. The highest BCUT2D eigenvalue weighted by molar-refractivity contribution is 5.87. The van der Waals surface area contributed by atoms with Crippen LogP contribution < -0.4 is 0 Å². The molecule has 0 aromatic rings. The fourth-order valence-corrected chi connectivity index (χ4v) is 3.30. The zero-order chi connectivity index (χ0) is 13.6. The van der Waals surface area contributed by atoms with Gasteiger partial charge in [-0.3, -0.25) is 0 Å². The number of hydrogen-bond acceptors (Lipinski definition) is 4. The van der Waals surface area contributed by atoms with Gasteiger partial charge in [0, 0.05) is 11.5 Å². The molecule has 0 amide bonds. The van der Waals surface area contributed by atoms with E-state index in [-0.39, 0.29) is 24.6 Å². The third-order valence-electron chi connectivity index (χ3n) is 4.24. The summed E-state index contributed by atoms with van der Waals surface area (Å²) in [5.74, 6) is -0.340. The van der Waals surface area contributed by atoms with Crippen molar-refractivity contribution in [2.45, 2.75) is 57.3 Å². The quantitative estimate of drug-likeness (QED) is 0.614. The summed E-state index contributed by atoms with van der Waals surface area (Å²) in [5, 5.41) is 9.64. The molecule has 0 aromatic heterocycles. The summed E-state index contributed by atoms with van der Waals surface area (Å²) in [6.45, 7) is 9.00. The summed E-state index contributed by atoms with van der Waals surface area (Å²) in [5.41, 5.74) is -0.775. The van der Waals surface area contributed by atoms with Crippen molar-refractivity contribution in [3.05, 3.63) is 12.2 Å². The van der Waals surface area contributed by atoms with Crippen molar-refractivity contribution in [2.24, 2.45) is 5.92 Å². The van der Waals surface area contributed by atoms with Crippen LogP contribution in [-0.2, 0) is 14.3 Å². The number of carbonyl (C=O) groups is 1. The van der Waals surface area contributed by atoms with E-state index in [2.05, 4.69) is 6.58 Å². The largest absolute Gasteiger partial charge is 0.456 e. The fraction of sp³-hybridized carbons (Fsp3) is 0.786. The van der Waals surface area contributed by atoms with Crippen LogP contribution >= 0.6 is 0 Å². The van der Waals surface area contributed by atoms with Crippen molar-refractivity contribution >= 4 is 5.97 Å². The van der Waals surface area contributed by atoms with Crippen LogP contribution in [0.2, 0.25) is 0 Å². The molecular weight excluding hydrogens is 232 g/mol. The lowest BCUT2D eigenvalue weighted by Crippen LogP contribution is -2.50. The normalized spacial score (nSPS) is 34.7. The van der Waals surface area contributed by atoms with E-state index in [1.165, 1.54) is 0 Å². The van der Waals surface area contributed by atoms with Crippen LogP contribution in [0.25, 0.3) is 0 Å². The van der Waals surface area contributed by atoms with Gasteiger partial charge >= 0.3 is 5.97 Å². The minimum atomic E-state index is -0.645. The lowest BCUT2D eigenvalue weighted by atomic mass is 9.71. The third-order valence-corrected chi connectivity index (χ3v) is 4.24. The van der Waals surface area contributed by atoms with Gasteiger partial charge in [-0.1, -0.05) is 6.58 Å². The van der Waals surface area contributed by atoms with Crippen molar-refractivity contribution in [1.82, 2.24) is 0 Å². The van der Waals surface area contributed by atoms with E-state index in [0.717, 1.165) is 19.3 Å². The Labute approximate surface area is 108 Å². The predicted molar refractivity (Wildman–Crippen MR) is 67.0 cm³/mol. The molecule has 2 fully saturated rings. The van der Waals surface area contributed by atoms with Crippen LogP contribution in [0.3, 0.4) is 0 Å². The second-order valence-electron chi connectivity index (χ2n) is 6.06. The van der Waals surface area contributed by atoms with E-state index in [9.17, 15) is 9.90 Å². The maximum absolute atomic E-state index is 11.7. The Hall–Kier alpha value is -0.870. The van der Waals surface area contributed by atoms with E-state index in [1.54, 1.807) is 6.92 Å². The molecule has 2 bridgehead atoms. The maximum Gasteiger partial charge on any atom is 0.333 e. The number of aliphatic hydroxyl groups excluding tert-OH is 1. The average Bonchev–Trinajstić information content (AvgIpc) is 2.86. The molecular formula is C14H22O4. The van der Waals surface area contributed by atoms with Crippen LogP contribution in [0.5, 0.6) is 0 Å². The molecule has 0 radical (unpaired) electrons. The van der Waals surface area contributed by atoms with E-state index in [1.807, 2.05) is 13.8 Å². The SMILES string of the molecule is C=C(C)C(=O)OC(C)(C)C1CC2CCC1(CO)O2. The minimum Gasteiger partial charge on any atom is -0.456 e. The summed E-state index contributed by atoms with van der Waals surface area (Å²) in [4.78, 5) is 11.7. The first kappa shape index (κ1) is 13.6. The van der Waals surface area contributed by atoms with E-state index < -0.39 is 11.2 Å². The highest BCUT2D eigenvalue weighted by atomic mass is 16.6. The number of esters is 1. The minimum absolute atomic E-state index is 0.0117. The lowest BCUT2D eigenvalue weighted by molar-refractivity contribution is -0.166. The Morgan fingerprint density at radius 2 is 2.28 bits per heavy atom. The highest BCUT2D eigenvalue weighted by Gasteiger charge is 2.59. The molecule has 0 spiro atoms. The Morgan fingerprint density at radius 3 is 2.78 bits per heavy atom. The summed E-state index contributed by atoms with van der Waals surface area (Å²) < 4.78 is 11.4. The third kappa shape index (κ3) is 2.08. The number of carbonyl (C=O) groups excluding carboxylic acids is 1. The van der Waals surface area contributed by atoms with Gasteiger partial charge in [-0.05, 0) is 40.0 Å². The highest BCUT2D eigenvalue weighted by Crippen LogP contribution is 2.52. The number of rotatable bonds is 4.